The van der Waals surface area contributed by atoms with Crippen LogP contribution in [-0.4, -0.2) is 28.4 Å². The van der Waals surface area contributed by atoms with E-state index in [0.717, 1.165) is 5.56 Å². The number of benzene rings is 1. The van der Waals surface area contributed by atoms with Gasteiger partial charge in [0.2, 0.25) is 0 Å². The van der Waals surface area contributed by atoms with Gasteiger partial charge >= 0.3 is 5.97 Å². The molecular formula is C13H18O4. The largest absolute Gasteiger partial charge is 0.493 e. The van der Waals surface area contributed by atoms with Crippen LogP contribution >= 0.6 is 0 Å². The Morgan fingerprint density at radius 1 is 1.41 bits per heavy atom. The molecule has 94 valence electrons. The maximum atomic E-state index is 11.0. The maximum absolute atomic E-state index is 11.0. The highest BCUT2D eigenvalue weighted by atomic mass is 16.5. The maximum Gasteiger partial charge on any atom is 0.339 e. The summed E-state index contributed by atoms with van der Waals surface area (Å²) in [6.45, 7) is 5.52. The highest BCUT2D eigenvalue weighted by Crippen LogP contribution is 2.21. The van der Waals surface area contributed by atoms with E-state index in [1.807, 2.05) is 6.92 Å². The molecule has 1 aromatic carbocycles. The molecule has 0 saturated heterocycles. The zero-order valence-corrected chi connectivity index (χ0v) is 10.4. The lowest BCUT2D eigenvalue weighted by Gasteiger charge is -2.17. The summed E-state index contributed by atoms with van der Waals surface area (Å²) >= 11 is 0. The van der Waals surface area contributed by atoms with Crippen LogP contribution in [0, 0.1) is 6.92 Å². The standard InChI is InChI=1S/C13H18O4/c1-9-4-5-10(12(14)15)11(8-9)17-7-6-13(2,3)16/h4-5,8,16H,6-7H2,1-3H3,(H,14,15). The van der Waals surface area contributed by atoms with Gasteiger partial charge in [-0.05, 0) is 38.5 Å². The van der Waals surface area contributed by atoms with E-state index in [1.54, 1.807) is 26.0 Å². The van der Waals surface area contributed by atoms with Gasteiger partial charge in [-0.2, -0.15) is 0 Å². The van der Waals surface area contributed by atoms with Gasteiger partial charge in [-0.3, -0.25) is 0 Å². The zero-order chi connectivity index (χ0) is 13.1. The molecule has 1 rings (SSSR count). The van der Waals surface area contributed by atoms with Gasteiger partial charge in [0, 0.05) is 6.42 Å². The summed E-state index contributed by atoms with van der Waals surface area (Å²) in [5.74, 6) is -0.662. The number of ether oxygens (including phenoxy) is 1. The van der Waals surface area contributed by atoms with Gasteiger partial charge in [0.05, 0.1) is 12.2 Å². The number of aryl methyl sites for hydroxylation is 1. The van der Waals surface area contributed by atoms with Crippen LogP contribution in [0.3, 0.4) is 0 Å². The number of rotatable bonds is 5. The molecule has 0 atom stereocenters. The van der Waals surface area contributed by atoms with E-state index in [0.29, 0.717) is 12.2 Å². The van der Waals surface area contributed by atoms with Crippen molar-refractivity contribution < 1.29 is 19.7 Å². The summed E-state index contributed by atoms with van der Waals surface area (Å²) in [7, 11) is 0. The van der Waals surface area contributed by atoms with E-state index >= 15 is 0 Å². The SMILES string of the molecule is Cc1ccc(C(=O)O)c(OCCC(C)(C)O)c1. The molecule has 0 aliphatic carbocycles. The quantitative estimate of drug-likeness (QED) is 0.825. The molecular weight excluding hydrogens is 220 g/mol. The van der Waals surface area contributed by atoms with Crippen LogP contribution in [0.5, 0.6) is 5.75 Å². The lowest BCUT2D eigenvalue weighted by molar-refractivity contribution is 0.0548. The van der Waals surface area contributed by atoms with Crippen LogP contribution in [0.25, 0.3) is 0 Å². The molecule has 4 heteroatoms. The third-order valence-corrected chi connectivity index (χ3v) is 2.34. The van der Waals surface area contributed by atoms with Gasteiger partial charge in [-0.25, -0.2) is 4.79 Å². The molecule has 4 nitrogen and oxygen atoms in total. The highest BCUT2D eigenvalue weighted by Gasteiger charge is 2.15. The summed E-state index contributed by atoms with van der Waals surface area (Å²) < 4.78 is 5.41. The first-order valence-corrected chi connectivity index (χ1v) is 5.49. The smallest absolute Gasteiger partial charge is 0.339 e. The van der Waals surface area contributed by atoms with Gasteiger partial charge in [0.15, 0.2) is 0 Å². The summed E-state index contributed by atoms with van der Waals surface area (Å²) in [6, 6.07) is 4.94. The summed E-state index contributed by atoms with van der Waals surface area (Å²) in [6.07, 6.45) is 0.444. The van der Waals surface area contributed by atoms with Crippen molar-refractivity contribution >= 4 is 5.97 Å². The fourth-order valence-electron chi connectivity index (χ4n) is 1.34. The minimum absolute atomic E-state index is 0.145. The number of aliphatic hydroxyl groups is 1. The average molecular weight is 238 g/mol. The van der Waals surface area contributed by atoms with Gasteiger partial charge < -0.3 is 14.9 Å². The van der Waals surface area contributed by atoms with E-state index in [4.69, 9.17) is 9.84 Å². The topological polar surface area (TPSA) is 66.8 Å². The molecule has 0 heterocycles. The van der Waals surface area contributed by atoms with Gasteiger partial charge in [0.25, 0.3) is 0 Å². The molecule has 0 aromatic heterocycles. The van der Waals surface area contributed by atoms with Crippen molar-refractivity contribution in [3.63, 3.8) is 0 Å². The number of hydrogen-bond donors (Lipinski definition) is 2. The molecule has 0 spiro atoms. The molecule has 0 radical (unpaired) electrons. The van der Waals surface area contributed by atoms with E-state index in [9.17, 15) is 9.90 Å². The predicted molar refractivity (Wildman–Crippen MR) is 64.5 cm³/mol. The van der Waals surface area contributed by atoms with E-state index in [1.165, 1.54) is 6.07 Å². The average Bonchev–Trinajstić information content (AvgIpc) is 2.15. The van der Waals surface area contributed by atoms with Crippen molar-refractivity contribution in [3.05, 3.63) is 29.3 Å². The lowest BCUT2D eigenvalue weighted by Crippen LogP contribution is -2.22. The van der Waals surface area contributed by atoms with Crippen molar-refractivity contribution in [1.82, 2.24) is 0 Å². The van der Waals surface area contributed by atoms with Crippen LogP contribution in [0.2, 0.25) is 0 Å². The minimum Gasteiger partial charge on any atom is -0.493 e. The Balaban J connectivity index is 2.75. The van der Waals surface area contributed by atoms with E-state index in [2.05, 4.69) is 0 Å². The molecule has 1 aromatic rings. The lowest BCUT2D eigenvalue weighted by atomic mass is 10.1. The summed E-state index contributed by atoms with van der Waals surface area (Å²) in [4.78, 5) is 11.0. The number of carbonyl (C=O) groups is 1. The zero-order valence-electron chi connectivity index (χ0n) is 10.4. The second-order valence-electron chi connectivity index (χ2n) is 4.72. The first kappa shape index (κ1) is 13.5. The minimum atomic E-state index is -1.01. The van der Waals surface area contributed by atoms with Gasteiger partial charge in [-0.1, -0.05) is 6.07 Å². The van der Waals surface area contributed by atoms with Crippen molar-refractivity contribution in [3.8, 4) is 5.75 Å². The predicted octanol–water partition coefficient (Wildman–Crippen LogP) is 2.23. The molecule has 0 fully saturated rings. The van der Waals surface area contributed by atoms with Crippen LogP contribution < -0.4 is 4.74 Å². The Kier molecular flexibility index (Phi) is 4.12. The van der Waals surface area contributed by atoms with E-state index in [-0.39, 0.29) is 12.2 Å². The van der Waals surface area contributed by atoms with Gasteiger partial charge in [-0.15, -0.1) is 0 Å². The number of carboxylic acid groups (broad SMARTS) is 1. The van der Waals surface area contributed by atoms with E-state index < -0.39 is 11.6 Å². The van der Waals surface area contributed by atoms with Crippen molar-refractivity contribution in [1.29, 1.82) is 0 Å². The second kappa shape index (κ2) is 5.19. The molecule has 0 aliphatic rings. The Morgan fingerprint density at radius 3 is 2.59 bits per heavy atom. The van der Waals surface area contributed by atoms with Crippen LogP contribution in [0.15, 0.2) is 18.2 Å². The summed E-state index contributed by atoms with van der Waals surface area (Å²) in [5, 5.41) is 18.5. The van der Waals surface area contributed by atoms with Crippen molar-refractivity contribution in [2.45, 2.75) is 32.8 Å². The monoisotopic (exact) mass is 238 g/mol. The molecule has 0 aliphatic heterocycles. The fraction of sp³-hybridized carbons (Fsp3) is 0.462. The molecule has 2 N–H and O–H groups in total. The normalized spacial score (nSPS) is 11.3. The van der Waals surface area contributed by atoms with Gasteiger partial charge in [0.1, 0.15) is 11.3 Å². The Hall–Kier alpha value is -1.55. The molecule has 0 unspecified atom stereocenters. The highest BCUT2D eigenvalue weighted by molar-refractivity contribution is 5.90. The third-order valence-electron chi connectivity index (χ3n) is 2.34. The molecule has 0 bridgehead atoms. The number of aromatic carboxylic acids is 1. The summed E-state index contributed by atoms with van der Waals surface area (Å²) in [5.41, 5.74) is 0.271. The van der Waals surface area contributed by atoms with Crippen molar-refractivity contribution in [2.24, 2.45) is 0 Å². The fourth-order valence-corrected chi connectivity index (χ4v) is 1.34. The third kappa shape index (κ3) is 4.44. The molecule has 0 amide bonds. The second-order valence-corrected chi connectivity index (χ2v) is 4.72. The molecule has 17 heavy (non-hydrogen) atoms. The molecule has 0 saturated carbocycles. The first-order valence-electron chi connectivity index (χ1n) is 5.49. The Labute approximate surface area is 101 Å². The first-order chi connectivity index (χ1) is 7.79. The number of carboxylic acids is 1. The van der Waals surface area contributed by atoms with Crippen molar-refractivity contribution in [2.75, 3.05) is 6.61 Å². The number of hydrogen-bond acceptors (Lipinski definition) is 3. The van der Waals surface area contributed by atoms with Crippen LogP contribution in [0.1, 0.15) is 36.2 Å². The van der Waals surface area contributed by atoms with Crippen LogP contribution in [0.4, 0.5) is 0 Å². The Bertz CT molecular complexity index is 404. The Morgan fingerprint density at radius 2 is 2.06 bits per heavy atom. The van der Waals surface area contributed by atoms with Crippen LogP contribution in [-0.2, 0) is 0 Å².